The molecule has 0 aliphatic heterocycles. The molecule has 3 N–H and O–H groups in total. The number of aryl methyl sites for hydroxylation is 1. The highest BCUT2D eigenvalue weighted by Crippen LogP contribution is 2.39. The number of halogens is 2. The molecule has 2 aromatic heterocycles. The Morgan fingerprint density at radius 2 is 1.63 bits per heavy atom. The maximum Gasteiger partial charge on any atom is 0.146 e. The van der Waals surface area contributed by atoms with E-state index in [0.717, 1.165) is 35.9 Å². The number of hydrogen-bond donors (Lipinski definition) is 3. The zero-order chi connectivity index (χ0) is 29.1. The van der Waals surface area contributed by atoms with E-state index in [-0.39, 0.29) is 16.5 Å². The molecule has 0 saturated heterocycles. The van der Waals surface area contributed by atoms with Crippen LogP contribution in [0.2, 0.25) is 10.0 Å². The standard InChI is InChI=1S/C19H22ClN3O.C12H8ClN3O/c1-4-5-13-9-14(8-12(2)3)19(24)18(10-13)23-21-16-7-6-15(20)11-17(16)22-23;13-11-9(17)6-8-12(15-16-14-8)10(11)7-4-2-1-3-5-7/h6-7,9-12,24H,4-5,8H2,1-3H3;1-6,17H,(H,14,15,16). The number of phenols is 2. The smallest absolute Gasteiger partial charge is 0.146 e. The summed E-state index contributed by atoms with van der Waals surface area (Å²) in [6, 6.07) is 20.5. The molecule has 0 aliphatic carbocycles. The fraction of sp³-hybridized carbons (Fsp3) is 0.226. The number of fused-ring (bicyclic) bond motifs is 2. The van der Waals surface area contributed by atoms with Crippen LogP contribution < -0.4 is 0 Å². The molecule has 0 unspecified atom stereocenters. The molecule has 0 aliphatic rings. The third-order valence-electron chi connectivity index (χ3n) is 6.55. The number of nitrogens with zero attached hydrogens (tertiary/aromatic N) is 5. The highest BCUT2D eigenvalue weighted by atomic mass is 35.5. The lowest BCUT2D eigenvalue weighted by Crippen LogP contribution is -2.04. The average Bonchev–Trinajstić information content (AvgIpc) is 3.58. The number of phenolic OH excluding ortho intramolecular Hbond substituents is 2. The molecular weight excluding hydrogens is 559 g/mol. The molecule has 0 atom stereocenters. The first-order valence-corrected chi connectivity index (χ1v) is 14.2. The first-order chi connectivity index (χ1) is 19.7. The first-order valence-electron chi connectivity index (χ1n) is 13.4. The molecule has 0 fully saturated rings. The summed E-state index contributed by atoms with van der Waals surface area (Å²) in [4.78, 5) is 1.51. The number of aromatic nitrogens is 6. The summed E-state index contributed by atoms with van der Waals surface area (Å²) in [6.07, 6.45) is 2.84. The van der Waals surface area contributed by atoms with Gasteiger partial charge in [0.25, 0.3) is 0 Å². The molecule has 0 amide bonds. The van der Waals surface area contributed by atoms with Crippen LogP contribution in [0.5, 0.6) is 11.5 Å². The maximum absolute atomic E-state index is 10.7. The zero-order valence-electron chi connectivity index (χ0n) is 22.9. The van der Waals surface area contributed by atoms with E-state index >= 15 is 0 Å². The fourth-order valence-electron chi connectivity index (χ4n) is 4.74. The number of aromatic amines is 1. The van der Waals surface area contributed by atoms with Crippen LogP contribution in [0.25, 0.3) is 38.9 Å². The lowest BCUT2D eigenvalue weighted by atomic mass is 9.97. The quantitative estimate of drug-likeness (QED) is 0.182. The predicted molar refractivity (Wildman–Crippen MR) is 164 cm³/mol. The van der Waals surface area contributed by atoms with Crippen LogP contribution in [-0.2, 0) is 12.8 Å². The molecule has 10 heteroatoms. The Morgan fingerprint density at radius 1 is 0.878 bits per heavy atom. The Bertz CT molecular complexity index is 1810. The highest BCUT2D eigenvalue weighted by Gasteiger charge is 2.17. The molecule has 0 radical (unpaired) electrons. The summed E-state index contributed by atoms with van der Waals surface area (Å²) >= 11 is 12.2. The summed E-state index contributed by atoms with van der Waals surface area (Å²) in [6.45, 7) is 6.44. The number of rotatable bonds is 6. The third-order valence-corrected chi connectivity index (χ3v) is 7.16. The van der Waals surface area contributed by atoms with Crippen LogP contribution in [0.4, 0.5) is 0 Å². The Kier molecular flexibility index (Phi) is 8.42. The van der Waals surface area contributed by atoms with E-state index in [1.165, 1.54) is 16.4 Å². The van der Waals surface area contributed by atoms with Crippen molar-refractivity contribution in [2.75, 3.05) is 0 Å². The number of benzene rings is 4. The number of H-pyrrole nitrogens is 1. The van der Waals surface area contributed by atoms with Crippen molar-refractivity contribution in [2.24, 2.45) is 5.92 Å². The van der Waals surface area contributed by atoms with Crippen molar-refractivity contribution in [3.8, 4) is 28.3 Å². The van der Waals surface area contributed by atoms with E-state index in [1.807, 2.05) is 42.5 Å². The normalized spacial score (nSPS) is 11.3. The van der Waals surface area contributed by atoms with Crippen LogP contribution in [-0.4, -0.2) is 40.6 Å². The molecule has 8 nitrogen and oxygen atoms in total. The van der Waals surface area contributed by atoms with Gasteiger partial charge in [-0.25, -0.2) is 0 Å². The number of aromatic hydroxyl groups is 2. The van der Waals surface area contributed by atoms with Crippen LogP contribution >= 0.6 is 23.2 Å². The van der Waals surface area contributed by atoms with Gasteiger partial charge in [0.05, 0.1) is 5.02 Å². The van der Waals surface area contributed by atoms with Gasteiger partial charge in [0, 0.05) is 16.7 Å². The van der Waals surface area contributed by atoms with Crippen LogP contribution in [0.1, 0.15) is 38.3 Å². The Hall–Kier alpha value is -4.14. The molecule has 4 aromatic carbocycles. The molecule has 2 heterocycles. The van der Waals surface area contributed by atoms with Gasteiger partial charge in [-0.3, -0.25) is 0 Å². The zero-order valence-corrected chi connectivity index (χ0v) is 24.4. The Balaban J connectivity index is 0.000000174. The van der Waals surface area contributed by atoms with E-state index < -0.39 is 0 Å². The van der Waals surface area contributed by atoms with Crippen LogP contribution in [0.15, 0.2) is 66.7 Å². The minimum atomic E-state index is 0.00641. The second-order valence-electron chi connectivity index (χ2n) is 10.2. The van der Waals surface area contributed by atoms with E-state index in [4.69, 9.17) is 23.2 Å². The van der Waals surface area contributed by atoms with E-state index in [0.29, 0.717) is 38.7 Å². The van der Waals surface area contributed by atoms with Gasteiger partial charge in [0.15, 0.2) is 0 Å². The summed E-state index contributed by atoms with van der Waals surface area (Å²) in [7, 11) is 0. The molecule has 0 spiro atoms. The molecule has 6 aromatic rings. The predicted octanol–water partition coefficient (Wildman–Crippen LogP) is 7.91. The highest BCUT2D eigenvalue weighted by molar-refractivity contribution is 6.36. The minimum Gasteiger partial charge on any atom is -0.506 e. The second kappa shape index (κ2) is 12.2. The largest absolute Gasteiger partial charge is 0.506 e. The Labute approximate surface area is 247 Å². The van der Waals surface area contributed by atoms with Crippen LogP contribution in [0, 0.1) is 5.92 Å². The van der Waals surface area contributed by atoms with Crippen molar-refractivity contribution in [3.63, 3.8) is 0 Å². The van der Waals surface area contributed by atoms with Crippen molar-refractivity contribution in [3.05, 3.63) is 87.9 Å². The third kappa shape index (κ3) is 6.14. The molecule has 41 heavy (non-hydrogen) atoms. The van der Waals surface area contributed by atoms with Crippen molar-refractivity contribution < 1.29 is 10.2 Å². The second-order valence-corrected chi connectivity index (χ2v) is 11.0. The van der Waals surface area contributed by atoms with Crippen molar-refractivity contribution in [1.82, 2.24) is 30.4 Å². The lowest BCUT2D eigenvalue weighted by Gasteiger charge is -2.13. The van der Waals surface area contributed by atoms with E-state index in [9.17, 15) is 10.2 Å². The first kappa shape index (κ1) is 28.4. The number of hydrogen-bond acceptors (Lipinski definition) is 6. The average molecular weight is 590 g/mol. The van der Waals surface area contributed by atoms with Gasteiger partial charge in [-0.15, -0.1) is 15.0 Å². The summed E-state index contributed by atoms with van der Waals surface area (Å²) < 4.78 is 0. The summed E-state index contributed by atoms with van der Waals surface area (Å²) in [5, 5.41) is 40.9. The summed E-state index contributed by atoms with van der Waals surface area (Å²) in [5.74, 6) is 0.728. The fourth-order valence-corrected chi connectivity index (χ4v) is 5.15. The van der Waals surface area contributed by atoms with Crippen molar-refractivity contribution in [1.29, 1.82) is 0 Å². The topological polar surface area (TPSA) is 113 Å². The minimum absolute atomic E-state index is 0.00641. The van der Waals surface area contributed by atoms with E-state index in [1.54, 1.807) is 12.1 Å². The van der Waals surface area contributed by atoms with Gasteiger partial charge in [-0.1, -0.05) is 86.8 Å². The number of nitrogens with one attached hydrogen (secondary N) is 1. The van der Waals surface area contributed by atoms with E-state index in [2.05, 4.69) is 52.4 Å². The van der Waals surface area contributed by atoms with Gasteiger partial charge in [-0.05, 0) is 59.7 Å². The Morgan fingerprint density at radius 3 is 2.37 bits per heavy atom. The molecule has 0 saturated carbocycles. The van der Waals surface area contributed by atoms with Gasteiger partial charge in [0.2, 0.25) is 0 Å². The monoisotopic (exact) mass is 588 g/mol. The maximum atomic E-state index is 10.7. The lowest BCUT2D eigenvalue weighted by molar-refractivity contribution is 0.455. The van der Waals surface area contributed by atoms with Gasteiger partial charge >= 0.3 is 0 Å². The SMILES string of the molecule is CCCc1cc(CC(C)C)c(O)c(-n2nc3ccc(Cl)cc3n2)c1.Oc1cc2n[nH]nc2c(-c2ccccc2)c1Cl. The van der Waals surface area contributed by atoms with Crippen LogP contribution in [0.3, 0.4) is 0 Å². The molecule has 0 bridgehead atoms. The van der Waals surface area contributed by atoms with Crippen molar-refractivity contribution >= 4 is 45.3 Å². The molecule has 210 valence electrons. The summed E-state index contributed by atoms with van der Waals surface area (Å²) in [5.41, 5.74) is 7.07. The van der Waals surface area contributed by atoms with Gasteiger partial charge in [-0.2, -0.15) is 15.4 Å². The van der Waals surface area contributed by atoms with Gasteiger partial charge in [0.1, 0.15) is 39.3 Å². The molecular formula is C31H30Cl2N6O2. The van der Waals surface area contributed by atoms with Crippen molar-refractivity contribution in [2.45, 2.75) is 40.0 Å². The van der Waals surface area contributed by atoms with Gasteiger partial charge < -0.3 is 10.2 Å². The molecule has 6 rings (SSSR count).